The molecule has 154 valence electrons. The van der Waals surface area contributed by atoms with E-state index in [0.717, 1.165) is 4.47 Å². The van der Waals surface area contributed by atoms with E-state index in [2.05, 4.69) is 131 Å². The van der Waals surface area contributed by atoms with Gasteiger partial charge in [0.15, 0.2) is 0 Å². The first-order valence-corrected chi connectivity index (χ1v) is 12.0. The summed E-state index contributed by atoms with van der Waals surface area (Å²) in [4.78, 5) is 0. The minimum absolute atomic E-state index is 1.11. The molecule has 0 aromatic heterocycles. The zero-order chi connectivity index (χ0) is 21.9. The molecule has 0 N–H and O–H groups in total. The fourth-order valence-electron chi connectivity index (χ4n) is 5.20. The zero-order valence-electron chi connectivity index (χ0n) is 17.8. The summed E-state index contributed by atoms with van der Waals surface area (Å²) in [5.41, 5.74) is 5.04. The molecular weight excluding hydrogens is 464 g/mol. The van der Waals surface area contributed by atoms with Crippen LogP contribution in [0.5, 0.6) is 0 Å². The summed E-state index contributed by atoms with van der Waals surface area (Å²) in [6, 6.07) is 42.3. The van der Waals surface area contributed by atoms with Crippen molar-refractivity contribution in [3.8, 4) is 22.3 Å². The van der Waals surface area contributed by atoms with Gasteiger partial charge in [0.05, 0.1) is 0 Å². The number of hydrogen-bond donors (Lipinski definition) is 0. The number of halogens is 1. The number of fused-ring (bicyclic) bond motifs is 1. The van der Waals surface area contributed by atoms with Crippen LogP contribution in [0.15, 0.2) is 120 Å². The van der Waals surface area contributed by atoms with Crippen molar-refractivity contribution in [3.63, 3.8) is 0 Å². The van der Waals surface area contributed by atoms with Gasteiger partial charge in [-0.15, -0.1) is 0 Å². The molecule has 0 nitrogen and oxygen atoms in total. The highest BCUT2D eigenvalue weighted by Gasteiger charge is 2.12. The normalized spacial score (nSPS) is 11.8. The Hall–Kier alpha value is -3.68. The summed E-state index contributed by atoms with van der Waals surface area (Å²) in [6.07, 6.45) is 0. The van der Waals surface area contributed by atoms with Crippen molar-refractivity contribution in [2.24, 2.45) is 0 Å². The Morgan fingerprint density at radius 2 is 0.788 bits per heavy atom. The fourth-order valence-corrected chi connectivity index (χ4v) is 5.58. The molecule has 0 saturated heterocycles. The Kier molecular flexibility index (Phi) is 4.09. The maximum absolute atomic E-state index is 3.58. The van der Waals surface area contributed by atoms with Crippen LogP contribution in [-0.2, 0) is 0 Å². The van der Waals surface area contributed by atoms with Crippen LogP contribution in [0.25, 0.3) is 65.3 Å². The van der Waals surface area contributed by atoms with E-state index >= 15 is 0 Å². The molecule has 0 spiro atoms. The van der Waals surface area contributed by atoms with Crippen LogP contribution in [0.2, 0.25) is 0 Å². The average molecular weight is 483 g/mol. The van der Waals surface area contributed by atoms with Crippen LogP contribution < -0.4 is 0 Å². The summed E-state index contributed by atoms with van der Waals surface area (Å²) in [5, 5.41) is 10.4. The van der Waals surface area contributed by atoms with Gasteiger partial charge in [0.1, 0.15) is 0 Å². The van der Waals surface area contributed by atoms with Gasteiger partial charge in [-0.3, -0.25) is 0 Å². The van der Waals surface area contributed by atoms with Crippen molar-refractivity contribution in [2.45, 2.75) is 0 Å². The van der Waals surface area contributed by atoms with E-state index < -0.39 is 0 Å². The van der Waals surface area contributed by atoms with E-state index in [4.69, 9.17) is 0 Å². The highest BCUT2D eigenvalue weighted by Crippen LogP contribution is 2.39. The van der Waals surface area contributed by atoms with Crippen LogP contribution in [0.1, 0.15) is 0 Å². The molecule has 7 aromatic rings. The highest BCUT2D eigenvalue weighted by atomic mass is 79.9. The molecule has 0 aliphatic rings. The van der Waals surface area contributed by atoms with Gasteiger partial charge in [-0.2, -0.15) is 0 Å². The molecule has 7 aromatic carbocycles. The molecule has 0 radical (unpaired) electrons. The molecule has 0 saturated carbocycles. The van der Waals surface area contributed by atoms with Crippen LogP contribution in [0.3, 0.4) is 0 Å². The molecule has 0 amide bonds. The Morgan fingerprint density at radius 1 is 0.333 bits per heavy atom. The minimum atomic E-state index is 1.11. The molecule has 0 bridgehead atoms. The van der Waals surface area contributed by atoms with Gasteiger partial charge in [0, 0.05) is 4.47 Å². The molecule has 0 unspecified atom stereocenters. The van der Waals surface area contributed by atoms with Crippen molar-refractivity contribution >= 4 is 59.0 Å². The maximum Gasteiger partial charge on any atom is 0.0181 e. The second-order valence-corrected chi connectivity index (χ2v) is 9.71. The lowest BCUT2D eigenvalue weighted by molar-refractivity contribution is 1.65. The van der Waals surface area contributed by atoms with Gasteiger partial charge < -0.3 is 0 Å². The fraction of sp³-hybridized carbons (Fsp3) is 0. The van der Waals surface area contributed by atoms with Gasteiger partial charge in [0.25, 0.3) is 0 Å². The summed E-state index contributed by atoms with van der Waals surface area (Å²) in [5.74, 6) is 0. The quantitative estimate of drug-likeness (QED) is 0.215. The lowest BCUT2D eigenvalue weighted by atomic mass is 9.89. The van der Waals surface area contributed by atoms with Crippen molar-refractivity contribution in [3.05, 3.63) is 120 Å². The van der Waals surface area contributed by atoms with Crippen LogP contribution >= 0.6 is 15.9 Å². The van der Waals surface area contributed by atoms with Gasteiger partial charge in [0.2, 0.25) is 0 Å². The third kappa shape index (κ3) is 3.04. The Labute approximate surface area is 200 Å². The maximum atomic E-state index is 3.58. The minimum Gasteiger partial charge on any atom is -0.0622 e. The summed E-state index contributed by atoms with van der Waals surface area (Å²) >= 11 is 3.58. The highest BCUT2D eigenvalue weighted by molar-refractivity contribution is 9.10. The van der Waals surface area contributed by atoms with Gasteiger partial charge in [-0.25, -0.2) is 0 Å². The monoisotopic (exact) mass is 482 g/mol. The third-order valence-electron chi connectivity index (χ3n) is 6.78. The first-order chi connectivity index (χ1) is 16.2. The van der Waals surface area contributed by atoms with Crippen LogP contribution in [-0.4, -0.2) is 0 Å². The van der Waals surface area contributed by atoms with E-state index in [0.29, 0.717) is 0 Å². The zero-order valence-corrected chi connectivity index (χ0v) is 19.4. The van der Waals surface area contributed by atoms with E-state index in [1.54, 1.807) is 0 Å². The van der Waals surface area contributed by atoms with E-state index in [-0.39, 0.29) is 0 Å². The van der Waals surface area contributed by atoms with Crippen LogP contribution in [0, 0.1) is 0 Å². The van der Waals surface area contributed by atoms with Gasteiger partial charge >= 0.3 is 0 Å². The molecule has 1 heteroatoms. The number of rotatable bonds is 2. The molecule has 0 atom stereocenters. The summed E-state index contributed by atoms with van der Waals surface area (Å²) in [7, 11) is 0. The first kappa shape index (κ1) is 18.8. The predicted octanol–water partition coefficient (Wildman–Crippen LogP) is 9.83. The topological polar surface area (TPSA) is 0 Å². The van der Waals surface area contributed by atoms with Crippen molar-refractivity contribution in [2.75, 3.05) is 0 Å². The lowest BCUT2D eigenvalue weighted by Gasteiger charge is -2.15. The standard InChI is InChI=1S/C32H19Br/c33-30-13-12-21-14-22(6-7-23(21)19-30)29-17-26-10-8-24-15-28(20-4-2-1-3-5-20)16-25-9-11-27(18-29)32(26)31(24)25/h1-19H. The molecule has 0 heterocycles. The number of hydrogen-bond acceptors (Lipinski definition) is 0. The molecule has 0 aliphatic heterocycles. The SMILES string of the molecule is Brc1ccc2cc(-c3cc4ccc5cc(-c6ccccc6)cc6ccc(c3)c4c56)ccc2c1. The third-order valence-corrected chi connectivity index (χ3v) is 7.27. The van der Waals surface area contributed by atoms with E-state index in [1.165, 1.54) is 65.3 Å². The largest absolute Gasteiger partial charge is 0.0622 e. The summed E-state index contributed by atoms with van der Waals surface area (Å²) < 4.78 is 1.11. The predicted molar refractivity (Wildman–Crippen MR) is 146 cm³/mol. The average Bonchev–Trinajstić information content (AvgIpc) is 2.87. The molecule has 0 fully saturated rings. The Bertz CT molecular complexity index is 1750. The molecular formula is C32H19Br. The van der Waals surface area contributed by atoms with Crippen molar-refractivity contribution in [1.82, 2.24) is 0 Å². The van der Waals surface area contributed by atoms with Crippen LogP contribution in [0.4, 0.5) is 0 Å². The molecule has 0 aliphatic carbocycles. The smallest absolute Gasteiger partial charge is 0.0181 e. The Balaban J connectivity index is 1.44. The Morgan fingerprint density at radius 3 is 1.39 bits per heavy atom. The van der Waals surface area contributed by atoms with Gasteiger partial charge in [-0.1, -0.05) is 88.7 Å². The summed E-state index contributed by atoms with van der Waals surface area (Å²) in [6.45, 7) is 0. The number of benzene rings is 7. The van der Waals surface area contributed by atoms with E-state index in [9.17, 15) is 0 Å². The second kappa shape index (κ2) is 7.16. The van der Waals surface area contributed by atoms with E-state index in [1.807, 2.05) is 0 Å². The first-order valence-electron chi connectivity index (χ1n) is 11.2. The van der Waals surface area contributed by atoms with Crippen molar-refractivity contribution < 1.29 is 0 Å². The van der Waals surface area contributed by atoms with Crippen molar-refractivity contribution in [1.29, 1.82) is 0 Å². The molecule has 7 rings (SSSR count). The second-order valence-electron chi connectivity index (χ2n) is 8.80. The lowest BCUT2D eigenvalue weighted by Crippen LogP contribution is -1.87. The molecule has 33 heavy (non-hydrogen) atoms. The van der Waals surface area contributed by atoms with Gasteiger partial charge in [-0.05, 0) is 108 Å².